The van der Waals surface area contributed by atoms with Crippen LogP contribution in [0.15, 0.2) is 23.1 Å². The molecule has 1 aromatic carbocycles. The summed E-state index contributed by atoms with van der Waals surface area (Å²) in [5.74, 6) is 0. The van der Waals surface area contributed by atoms with Crippen molar-refractivity contribution in [2.75, 3.05) is 6.54 Å². The second-order valence-corrected chi connectivity index (χ2v) is 7.84. The molecule has 1 fully saturated rings. The van der Waals surface area contributed by atoms with E-state index in [0.717, 1.165) is 30.4 Å². The highest BCUT2D eigenvalue weighted by atomic mass is 32.2. The lowest BCUT2D eigenvalue weighted by Crippen LogP contribution is -2.42. The second-order valence-electron chi connectivity index (χ2n) is 5.98. The summed E-state index contributed by atoms with van der Waals surface area (Å²) in [7, 11) is -3.43. The van der Waals surface area contributed by atoms with Gasteiger partial charge in [-0.05, 0) is 56.4 Å². The van der Waals surface area contributed by atoms with Crippen LogP contribution in [0.3, 0.4) is 0 Å². The molecule has 5 heteroatoms. The molecule has 1 aromatic rings. The Kier molecular flexibility index (Phi) is 4.23. The van der Waals surface area contributed by atoms with Gasteiger partial charge in [-0.1, -0.05) is 13.0 Å². The monoisotopic (exact) mass is 296 g/mol. The molecular weight excluding hydrogens is 272 g/mol. The van der Waals surface area contributed by atoms with Crippen LogP contribution >= 0.6 is 0 Å². The summed E-state index contributed by atoms with van der Waals surface area (Å²) in [6.45, 7) is 6.99. The summed E-state index contributed by atoms with van der Waals surface area (Å²) in [6.07, 6.45) is 2.69. The van der Waals surface area contributed by atoms with Crippen molar-refractivity contribution in [1.82, 2.24) is 4.31 Å². The third-order valence-electron chi connectivity index (χ3n) is 4.19. The van der Waals surface area contributed by atoms with Gasteiger partial charge in [0.15, 0.2) is 0 Å². The highest BCUT2D eigenvalue weighted by molar-refractivity contribution is 7.89. The Labute approximate surface area is 122 Å². The summed E-state index contributed by atoms with van der Waals surface area (Å²) in [6, 6.07) is 5.34. The zero-order valence-electron chi connectivity index (χ0n) is 12.5. The number of benzene rings is 1. The average Bonchev–Trinajstić information content (AvgIpc) is 2.78. The molecule has 1 aliphatic heterocycles. The van der Waals surface area contributed by atoms with E-state index in [-0.39, 0.29) is 5.54 Å². The zero-order chi connectivity index (χ0) is 15.0. The maximum atomic E-state index is 12.8. The van der Waals surface area contributed by atoms with Gasteiger partial charge < -0.3 is 5.73 Å². The van der Waals surface area contributed by atoms with Crippen molar-refractivity contribution < 1.29 is 8.42 Å². The molecule has 0 aliphatic carbocycles. The van der Waals surface area contributed by atoms with E-state index in [2.05, 4.69) is 0 Å². The molecule has 0 spiro atoms. The van der Waals surface area contributed by atoms with Gasteiger partial charge in [0.05, 0.1) is 4.90 Å². The van der Waals surface area contributed by atoms with Crippen LogP contribution in [-0.4, -0.2) is 24.8 Å². The molecule has 0 radical (unpaired) electrons. The minimum Gasteiger partial charge on any atom is -0.326 e. The number of hydrogen-bond donors (Lipinski definition) is 1. The predicted molar refractivity (Wildman–Crippen MR) is 80.9 cm³/mol. The lowest BCUT2D eigenvalue weighted by Gasteiger charge is -2.30. The van der Waals surface area contributed by atoms with E-state index in [9.17, 15) is 8.42 Å². The molecule has 1 saturated heterocycles. The van der Waals surface area contributed by atoms with Gasteiger partial charge in [0.1, 0.15) is 0 Å². The molecule has 1 aliphatic rings. The molecule has 4 nitrogen and oxygen atoms in total. The fourth-order valence-electron chi connectivity index (χ4n) is 2.95. The molecule has 20 heavy (non-hydrogen) atoms. The summed E-state index contributed by atoms with van der Waals surface area (Å²) in [5, 5.41) is 0. The van der Waals surface area contributed by atoms with E-state index < -0.39 is 10.0 Å². The first kappa shape index (κ1) is 15.5. The Hall–Kier alpha value is -0.910. The molecule has 0 amide bonds. The minimum absolute atomic E-state index is 0.300. The number of rotatable bonds is 4. The molecule has 0 bridgehead atoms. The van der Waals surface area contributed by atoms with Gasteiger partial charge in [-0.3, -0.25) is 0 Å². The normalized spacial score (nSPS) is 19.4. The number of nitrogens with two attached hydrogens (primary N) is 1. The lowest BCUT2D eigenvalue weighted by molar-refractivity contribution is 0.291. The van der Waals surface area contributed by atoms with Crippen molar-refractivity contribution in [3.8, 4) is 0 Å². The summed E-state index contributed by atoms with van der Waals surface area (Å²) < 4.78 is 27.2. The van der Waals surface area contributed by atoms with Crippen LogP contribution in [0.2, 0.25) is 0 Å². The SMILES string of the molecule is CCc1ccc(S(=O)(=O)N2CCCC2(C)C)cc1CN. The van der Waals surface area contributed by atoms with E-state index in [1.807, 2.05) is 26.8 Å². The highest BCUT2D eigenvalue weighted by Gasteiger charge is 2.40. The van der Waals surface area contributed by atoms with Gasteiger partial charge in [-0.15, -0.1) is 0 Å². The fraction of sp³-hybridized carbons (Fsp3) is 0.600. The Bertz CT molecular complexity index is 594. The smallest absolute Gasteiger partial charge is 0.243 e. The van der Waals surface area contributed by atoms with E-state index in [1.165, 1.54) is 0 Å². The van der Waals surface area contributed by atoms with Gasteiger partial charge in [0.2, 0.25) is 10.0 Å². The summed E-state index contributed by atoms with van der Waals surface area (Å²) in [4.78, 5) is 0.366. The van der Waals surface area contributed by atoms with E-state index in [4.69, 9.17) is 5.73 Å². The fourth-order valence-corrected chi connectivity index (χ4v) is 4.85. The van der Waals surface area contributed by atoms with Gasteiger partial charge in [0.25, 0.3) is 0 Å². The largest absolute Gasteiger partial charge is 0.326 e. The third kappa shape index (κ3) is 2.62. The molecule has 0 saturated carbocycles. The number of aryl methyl sites for hydroxylation is 1. The van der Waals surface area contributed by atoms with E-state index in [0.29, 0.717) is 18.0 Å². The van der Waals surface area contributed by atoms with Gasteiger partial charge in [0, 0.05) is 18.6 Å². The quantitative estimate of drug-likeness (QED) is 0.927. The molecular formula is C15H24N2O2S. The standard InChI is InChI=1S/C15H24N2O2S/c1-4-12-6-7-14(10-13(12)11-16)20(18,19)17-9-5-8-15(17,2)3/h6-7,10H,4-5,8-9,11,16H2,1-3H3. The maximum Gasteiger partial charge on any atom is 0.243 e. The van der Waals surface area contributed by atoms with Crippen LogP contribution in [0.5, 0.6) is 0 Å². The van der Waals surface area contributed by atoms with Crippen LogP contribution < -0.4 is 5.73 Å². The van der Waals surface area contributed by atoms with Gasteiger partial charge in [-0.25, -0.2) is 8.42 Å². The van der Waals surface area contributed by atoms with Crippen LogP contribution in [0.1, 0.15) is 44.7 Å². The Balaban J connectivity index is 2.45. The Morgan fingerprint density at radius 2 is 2.00 bits per heavy atom. The van der Waals surface area contributed by atoms with E-state index in [1.54, 1.807) is 16.4 Å². The molecule has 2 N–H and O–H groups in total. The highest BCUT2D eigenvalue weighted by Crippen LogP contribution is 2.34. The second kappa shape index (κ2) is 5.47. The number of hydrogen-bond acceptors (Lipinski definition) is 3. The first-order chi connectivity index (χ1) is 9.32. The van der Waals surface area contributed by atoms with Crippen molar-refractivity contribution in [2.45, 2.75) is 57.0 Å². The molecule has 0 unspecified atom stereocenters. The number of nitrogens with zero attached hydrogens (tertiary/aromatic N) is 1. The third-order valence-corrected chi connectivity index (χ3v) is 6.30. The molecule has 2 rings (SSSR count). The minimum atomic E-state index is -3.43. The van der Waals surface area contributed by atoms with Crippen molar-refractivity contribution >= 4 is 10.0 Å². The van der Waals surface area contributed by atoms with Gasteiger partial charge in [-0.2, -0.15) is 4.31 Å². The van der Waals surface area contributed by atoms with Crippen LogP contribution in [0, 0.1) is 0 Å². The first-order valence-corrected chi connectivity index (χ1v) is 8.61. The van der Waals surface area contributed by atoms with Crippen LogP contribution in [-0.2, 0) is 23.0 Å². The molecule has 0 aromatic heterocycles. The lowest BCUT2D eigenvalue weighted by atomic mass is 10.0. The summed E-state index contributed by atoms with van der Waals surface area (Å²) in [5.41, 5.74) is 7.48. The molecule has 112 valence electrons. The van der Waals surface area contributed by atoms with Crippen molar-refractivity contribution in [3.05, 3.63) is 29.3 Å². The Morgan fingerprint density at radius 3 is 2.50 bits per heavy atom. The van der Waals surface area contributed by atoms with Crippen molar-refractivity contribution in [1.29, 1.82) is 0 Å². The van der Waals surface area contributed by atoms with Crippen LogP contribution in [0.25, 0.3) is 0 Å². The van der Waals surface area contributed by atoms with Crippen molar-refractivity contribution in [2.24, 2.45) is 5.73 Å². The summed E-state index contributed by atoms with van der Waals surface area (Å²) >= 11 is 0. The zero-order valence-corrected chi connectivity index (χ0v) is 13.3. The van der Waals surface area contributed by atoms with Crippen molar-refractivity contribution in [3.63, 3.8) is 0 Å². The predicted octanol–water partition coefficient (Wildman–Crippen LogP) is 2.27. The van der Waals surface area contributed by atoms with E-state index >= 15 is 0 Å². The number of sulfonamides is 1. The molecule has 1 heterocycles. The van der Waals surface area contributed by atoms with Gasteiger partial charge >= 0.3 is 0 Å². The average molecular weight is 296 g/mol. The van der Waals surface area contributed by atoms with Crippen LogP contribution in [0.4, 0.5) is 0 Å². The topological polar surface area (TPSA) is 63.4 Å². The Morgan fingerprint density at radius 1 is 1.30 bits per heavy atom. The first-order valence-electron chi connectivity index (χ1n) is 7.17. The maximum absolute atomic E-state index is 12.8. The molecule has 0 atom stereocenters.